The molecule has 2 N–H and O–H groups in total. The highest BCUT2D eigenvalue weighted by atomic mass is 32.2. The third-order valence-electron chi connectivity index (χ3n) is 2.48. The van der Waals surface area contributed by atoms with Gasteiger partial charge in [-0.25, -0.2) is 12.8 Å². The van der Waals surface area contributed by atoms with Crippen LogP contribution in [-0.4, -0.2) is 26.8 Å². The van der Waals surface area contributed by atoms with E-state index in [0.29, 0.717) is 18.2 Å². The number of rotatable bonds is 6. The minimum absolute atomic E-state index is 0.0606. The highest BCUT2D eigenvalue weighted by molar-refractivity contribution is 7.92. The van der Waals surface area contributed by atoms with Gasteiger partial charge in [0.1, 0.15) is 5.82 Å². The molecule has 0 bridgehead atoms. The fraction of sp³-hybridized carbons (Fsp3) is 0.500. The SMILES string of the molecule is CC(C)NCCS(=O)(=O)Nc1cc(C(F)(F)F)ccc1F. The molecule has 120 valence electrons. The first-order valence-corrected chi connectivity index (χ1v) is 7.77. The Labute approximate surface area is 120 Å². The monoisotopic (exact) mass is 328 g/mol. The average molecular weight is 328 g/mol. The van der Waals surface area contributed by atoms with Crippen molar-refractivity contribution in [3.05, 3.63) is 29.6 Å². The molecule has 0 saturated heterocycles. The molecule has 0 saturated carbocycles. The average Bonchev–Trinajstić information content (AvgIpc) is 2.29. The van der Waals surface area contributed by atoms with Gasteiger partial charge in [-0.05, 0) is 18.2 Å². The summed E-state index contributed by atoms with van der Waals surface area (Å²) in [6.45, 7) is 3.73. The van der Waals surface area contributed by atoms with Crippen LogP contribution in [0.15, 0.2) is 18.2 Å². The Morgan fingerprint density at radius 3 is 2.38 bits per heavy atom. The number of hydrogen-bond donors (Lipinski definition) is 2. The summed E-state index contributed by atoms with van der Waals surface area (Å²) in [5.74, 6) is -1.44. The van der Waals surface area contributed by atoms with Crippen molar-refractivity contribution in [2.24, 2.45) is 0 Å². The van der Waals surface area contributed by atoms with Crippen molar-refractivity contribution in [2.45, 2.75) is 26.1 Å². The normalized spacial score (nSPS) is 12.7. The number of halogens is 4. The van der Waals surface area contributed by atoms with Crippen LogP contribution in [0.1, 0.15) is 19.4 Å². The van der Waals surface area contributed by atoms with Crippen LogP contribution >= 0.6 is 0 Å². The molecule has 0 aromatic heterocycles. The maximum atomic E-state index is 13.4. The highest BCUT2D eigenvalue weighted by Crippen LogP contribution is 2.32. The van der Waals surface area contributed by atoms with Crippen LogP contribution in [0.4, 0.5) is 23.2 Å². The van der Waals surface area contributed by atoms with Gasteiger partial charge in [-0.15, -0.1) is 0 Å². The standard InChI is InChI=1S/C12H16F4N2O2S/c1-8(2)17-5-6-21(19,20)18-11-7-9(12(14,15)16)3-4-10(11)13/h3-4,7-8,17-18H,5-6H2,1-2H3. The molecule has 0 spiro atoms. The van der Waals surface area contributed by atoms with E-state index in [9.17, 15) is 26.0 Å². The molecule has 4 nitrogen and oxygen atoms in total. The summed E-state index contributed by atoms with van der Waals surface area (Å²) in [5, 5.41) is 2.84. The van der Waals surface area contributed by atoms with Crippen molar-refractivity contribution in [3.8, 4) is 0 Å². The summed E-state index contributed by atoms with van der Waals surface area (Å²) in [7, 11) is -3.93. The largest absolute Gasteiger partial charge is 0.416 e. The van der Waals surface area contributed by atoms with E-state index in [1.54, 1.807) is 0 Å². The van der Waals surface area contributed by atoms with E-state index in [1.807, 2.05) is 18.6 Å². The molecule has 0 aliphatic rings. The van der Waals surface area contributed by atoms with Crippen molar-refractivity contribution in [1.29, 1.82) is 0 Å². The Morgan fingerprint density at radius 1 is 1.24 bits per heavy atom. The minimum Gasteiger partial charge on any atom is -0.313 e. The Bertz CT molecular complexity index is 585. The van der Waals surface area contributed by atoms with E-state index in [1.165, 1.54) is 0 Å². The molecule has 0 fully saturated rings. The van der Waals surface area contributed by atoms with Gasteiger partial charge < -0.3 is 5.32 Å². The molecule has 1 rings (SSSR count). The van der Waals surface area contributed by atoms with E-state index in [4.69, 9.17) is 0 Å². The summed E-state index contributed by atoms with van der Waals surface area (Å²) in [4.78, 5) is 0. The van der Waals surface area contributed by atoms with Gasteiger partial charge in [0.2, 0.25) is 10.0 Å². The predicted molar refractivity (Wildman–Crippen MR) is 72.0 cm³/mol. The summed E-state index contributed by atoms with van der Waals surface area (Å²) in [5.41, 5.74) is -1.84. The first kappa shape index (κ1) is 17.7. The van der Waals surface area contributed by atoms with Gasteiger partial charge in [0.15, 0.2) is 0 Å². The van der Waals surface area contributed by atoms with Crippen molar-refractivity contribution >= 4 is 15.7 Å². The second-order valence-corrected chi connectivity index (χ2v) is 6.56. The lowest BCUT2D eigenvalue weighted by Gasteiger charge is -2.13. The Hall–Kier alpha value is -1.35. The zero-order valence-corrected chi connectivity index (χ0v) is 12.3. The summed E-state index contributed by atoms with van der Waals surface area (Å²) in [6, 6.07) is 1.62. The lowest BCUT2D eigenvalue weighted by atomic mass is 10.2. The molecule has 21 heavy (non-hydrogen) atoms. The van der Waals surface area contributed by atoms with Crippen LogP contribution in [0.2, 0.25) is 0 Å². The Kier molecular flexibility index (Phi) is 5.57. The van der Waals surface area contributed by atoms with E-state index in [-0.39, 0.29) is 18.3 Å². The smallest absolute Gasteiger partial charge is 0.313 e. The molecule has 0 radical (unpaired) electrons. The van der Waals surface area contributed by atoms with Crippen LogP contribution < -0.4 is 10.0 Å². The first-order valence-electron chi connectivity index (χ1n) is 6.12. The molecule has 0 unspecified atom stereocenters. The summed E-state index contributed by atoms with van der Waals surface area (Å²) >= 11 is 0. The quantitative estimate of drug-likeness (QED) is 0.789. The molecule has 1 aromatic rings. The predicted octanol–water partition coefficient (Wildman–Crippen LogP) is 2.58. The topological polar surface area (TPSA) is 58.2 Å². The number of sulfonamides is 1. The van der Waals surface area contributed by atoms with E-state index in [2.05, 4.69) is 5.32 Å². The van der Waals surface area contributed by atoms with Crippen molar-refractivity contribution < 1.29 is 26.0 Å². The minimum atomic E-state index is -4.67. The lowest BCUT2D eigenvalue weighted by Crippen LogP contribution is -2.31. The maximum Gasteiger partial charge on any atom is 0.416 e. The summed E-state index contributed by atoms with van der Waals surface area (Å²) in [6.07, 6.45) is -4.67. The second-order valence-electron chi connectivity index (χ2n) is 4.72. The van der Waals surface area contributed by atoms with Crippen LogP contribution in [-0.2, 0) is 16.2 Å². The van der Waals surface area contributed by atoms with Crippen molar-refractivity contribution in [2.75, 3.05) is 17.0 Å². The van der Waals surface area contributed by atoms with Gasteiger partial charge in [-0.2, -0.15) is 13.2 Å². The van der Waals surface area contributed by atoms with Gasteiger partial charge in [0.25, 0.3) is 0 Å². The van der Waals surface area contributed by atoms with Gasteiger partial charge in [0.05, 0.1) is 17.0 Å². The molecule has 0 heterocycles. The van der Waals surface area contributed by atoms with Gasteiger partial charge in [-0.1, -0.05) is 13.8 Å². The molecule has 1 aromatic carbocycles. The zero-order valence-electron chi connectivity index (χ0n) is 11.5. The third-order valence-corrected chi connectivity index (χ3v) is 3.76. The van der Waals surface area contributed by atoms with Crippen molar-refractivity contribution in [3.63, 3.8) is 0 Å². The van der Waals surface area contributed by atoms with E-state index in [0.717, 1.165) is 0 Å². The molecular weight excluding hydrogens is 312 g/mol. The van der Waals surface area contributed by atoms with E-state index >= 15 is 0 Å². The third kappa shape index (κ3) is 5.88. The molecule has 0 atom stereocenters. The van der Waals surface area contributed by atoms with Crippen LogP contribution in [0.3, 0.4) is 0 Å². The molecule has 0 amide bonds. The van der Waals surface area contributed by atoms with Crippen molar-refractivity contribution in [1.82, 2.24) is 5.32 Å². The fourth-order valence-corrected chi connectivity index (χ4v) is 2.46. The number of alkyl halides is 3. The van der Waals surface area contributed by atoms with Gasteiger partial charge in [-0.3, -0.25) is 4.72 Å². The fourth-order valence-electron chi connectivity index (χ4n) is 1.48. The maximum absolute atomic E-state index is 13.4. The van der Waals surface area contributed by atoms with Gasteiger partial charge in [0, 0.05) is 12.6 Å². The zero-order chi connectivity index (χ0) is 16.3. The van der Waals surface area contributed by atoms with Crippen LogP contribution in [0, 0.1) is 5.82 Å². The van der Waals surface area contributed by atoms with Crippen LogP contribution in [0.25, 0.3) is 0 Å². The molecule has 0 aliphatic heterocycles. The number of nitrogens with one attached hydrogen (secondary N) is 2. The molecule has 0 aliphatic carbocycles. The molecule has 9 heteroatoms. The van der Waals surface area contributed by atoms with Crippen LogP contribution in [0.5, 0.6) is 0 Å². The van der Waals surface area contributed by atoms with E-state index < -0.39 is 33.3 Å². The first-order chi connectivity index (χ1) is 9.51. The number of hydrogen-bond acceptors (Lipinski definition) is 3. The lowest BCUT2D eigenvalue weighted by molar-refractivity contribution is -0.137. The highest BCUT2D eigenvalue weighted by Gasteiger charge is 2.31. The molecular formula is C12H16F4N2O2S. The Morgan fingerprint density at radius 2 is 1.86 bits per heavy atom. The number of anilines is 1. The van der Waals surface area contributed by atoms with Gasteiger partial charge >= 0.3 is 6.18 Å². The summed E-state index contributed by atoms with van der Waals surface area (Å²) < 4.78 is 76.2. The Balaban J connectivity index is 2.86. The number of benzene rings is 1. The second kappa shape index (κ2) is 6.61.